The molecule has 6 heteroatoms. The Labute approximate surface area is 97.0 Å². The molecule has 0 saturated heterocycles. The van der Waals surface area contributed by atoms with Crippen LogP contribution in [0.5, 0.6) is 0 Å². The first kappa shape index (κ1) is 11.0. The van der Waals surface area contributed by atoms with E-state index in [4.69, 9.17) is 5.11 Å². The summed E-state index contributed by atoms with van der Waals surface area (Å²) in [6.07, 6.45) is 1.50. The van der Waals surface area contributed by atoms with Crippen molar-refractivity contribution >= 4 is 28.5 Å². The van der Waals surface area contributed by atoms with Gasteiger partial charge >= 0.3 is 5.97 Å². The van der Waals surface area contributed by atoms with Gasteiger partial charge in [-0.3, -0.25) is 10.4 Å². The molecule has 1 heterocycles. The maximum Gasteiger partial charge on any atom is 0.351 e. The van der Waals surface area contributed by atoms with E-state index in [0.29, 0.717) is 5.82 Å². The normalized spacial score (nSPS) is 11.5. The Morgan fingerprint density at radius 1 is 1.35 bits per heavy atom. The van der Waals surface area contributed by atoms with Gasteiger partial charge in [-0.05, 0) is 19.1 Å². The fraction of sp³-hybridized carbons (Fsp3) is 0.0909. The number of hydrazone groups is 1. The quantitative estimate of drug-likeness (QED) is 0.616. The summed E-state index contributed by atoms with van der Waals surface area (Å²) < 4.78 is 0. The van der Waals surface area contributed by atoms with E-state index in [1.165, 1.54) is 13.1 Å². The largest absolute Gasteiger partial charge is 0.477 e. The molecule has 0 spiro atoms. The first-order valence-corrected chi connectivity index (χ1v) is 4.92. The summed E-state index contributed by atoms with van der Waals surface area (Å²) in [6, 6.07) is 7.39. The van der Waals surface area contributed by atoms with Gasteiger partial charge in [0, 0.05) is 0 Å². The Kier molecular flexibility index (Phi) is 2.95. The molecule has 0 fully saturated rings. The number of carboxylic acids is 1. The fourth-order valence-corrected chi connectivity index (χ4v) is 1.20. The predicted octanol–water partition coefficient (Wildman–Crippen LogP) is 1.50. The number of fused-ring (bicyclic) bond motifs is 1. The minimum Gasteiger partial charge on any atom is -0.477 e. The van der Waals surface area contributed by atoms with Gasteiger partial charge in [-0.2, -0.15) is 5.10 Å². The molecule has 2 aromatic rings. The number of benzene rings is 1. The van der Waals surface area contributed by atoms with Gasteiger partial charge in [-0.25, -0.2) is 9.78 Å². The lowest BCUT2D eigenvalue weighted by Crippen LogP contribution is -2.10. The number of carbonyl (C=O) groups is 1. The van der Waals surface area contributed by atoms with E-state index in [9.17, 15) is 4.79 Å². The molecule has 2 rings (SSSR count). The lowest BCUT2D eigenvalue weighted by Gasteiger charge is -2.01. The van der Waals surface area contributed by atoms with E-state index in [1.807, 2.05) is 24.3 Å². The van der Waals surface area contributed by atoms with Crippen LogP contribution in [0.2, 0.25) is 0 Å². The standard InChI is InChI=1S/C11H10N4O2/c1-7(11(16)17)14-15-10-6-12-8-4-2-3-5-9(8)13-10/h2-6H,1H3,(H,13,15)(H,16,17)/b14-7+. The van der Waals surface area contributed by atoms with Crippen LogP contribution in [0.3, 0.4) is 0 Å². The second-order valence-corrected chi connectivity index (χ2v) is 3.36. The van der Waals surface area contributed by atoms with Gasteiger partial charge in [0.15, 0.2) is 5.82 Å². The Morgan fingerprint density at radius 3 is 2.76 bits per heavy atom. The third kappa shape index (κ3) is 2.54. The number of para-hydroxylation sites is 2. The van der Waals surface area contributed by atoms with Crippen molar-refractivity contribution < 1.29 is 9.90 Å². The van der Waals surface area contributed by atoms with Crippen LogP contribution in [0, 0.1) is 0 Å². The van der Waals surface area contributed by atoms with Crippen molar-refractivity contribution in [1.29, 1.82) is 0 Å². The Bertz CT molecular complexity index is 595. The first-order chi connectivity index (χ1) is 8.16. The van der Waals surface area contributed by atoms with Crippen molar-refractivity contribution in [2.24, 2.45) is 5.10 Å². The number of carboxylic acid groups (broad SMARTS) is 1. The van der Waals surface area contributed by atoms with Crippen molar-refractivity contribution in [3.8, 4) is 0 Å². The minimum absolute atomic E-state index is 0.0417. The van der Waals surface area contributed by atoms with Crippen LogP contribution in [0.25, 0.3) is 11.0 Å². The van der Waals surface area contributed by atoms with E-state index in [0.717, 1.165) is 11.0 Å². The van der Waals surface area contributed by atoms with Crippen molar-refractivity contribution in [1.82, 2.24) is 9.97 Å². The van der Waals surface area contributed by atoms with Crippen molar-refractivity contribution in [2.45, 2.75) is 6.92 Å². The van der Waals surface area contributed by atoms with Crippen LogP contribution >= 0.6 is 0 Å². The highest BCUT2D eigenvalue weighted by Gasteiger charge is 2.02. The Hall–Kier alpha value is -2.50. The fourth-order valence-electron chi connectivity index (χ4n) is 1.20. The maximum absolute atomic E-state index is 10.5. The van der Waals surface area contributed by atoms with Gasteiger partial charge in [0.2, 0.25) is 0 Å². The third-order valence-corrected chi connectivity index (χ3v) is 2.10. The highest BCUT2D eigenvalue weighted by atomic mass is 16.4. The Morgan fingerprint density at radius 2 is 2.06 bits per heavy atom. The molecular weight excluding hydrogens is 220 g/mol. The van der Waals surface area contributed by atoms with Gasteiger partial charge in [0.25, 0.3) is 0 Å². The highest BCUT2D eigenvalue weighted by Crippen LogP contribution is 2.10. The monoisotopic (exact) mass is 230 g/mol. The van der Waals surface area contributed by atoms with E-state index in [-0.39, 0.29) is 5.71 Å². The average Bonchev–Trinajstić information content (AvgIpc) is 2.35. The summed E-state index contributed by atoms with van der Waals surface area (Å²) in [7, 11) is 0. The molecule has 2 N–H and O–H groups in total. The molecule has 0 aliphatic rings. The maximum atomic E-state index is 10.5. The molecule has 0 radical (unpaired) electrons. The molecule has 6 nitrogen and oxygen atoms in total. The first-order valence-electron chi connectivity index (χ1n) is 4.92. The van der Waals surface area contributed by atoms with Crippen LogP contribution in [-0.2, 0) is 4.79 Å². The summed E-state index contributed by atoms with van der Waals surface area (Å²) in [5, 5.41) is 12.3. The molecule has 0 saturated carbocycles. The molecule has 0 atom stereocenters. The second-order valence-electron chi connectivity index (χ2n) is 3.36. The third-order valence-electron chi connectivity index (χ3n) is 2.10. The van der Waals surface area contributed by atoms with Crippen molar-refractivity contribution in [3.63, 3.8) is 0 Å². The lowest BCUT2D eigenvalue weighted by molar-refractivity contribution is -0.129. The molecule has 1 aromatic heterocycles. The summed E-state index contributed by atoms with van der Waals surface area (Å²) in [6.45, 7) is 1.39. The summed E-state index contributed by atoms with van der Waals surface area (Å²) in [5.41, 5.74) is 4.01. The van der Waals surface area contributed by atoms with Crippen LogP contribution in [0.15, 0.2) is 35.6 Å². The van der Waals surface area contributed by atoms with Crippen LogP contribution in [0.4, 0.5) is 5.82 Å². The number of hydrogen-bond donors (Lipinski definition) is 2. The second kappa shape index (κ2) is 4.56. The topological polar surface area (TPSA) is 87.5 Å². The zero-order chi connectivity index (χ0) is 12.3. The zero-order valence-corrected chi connectivity index (χ0v) is 9.08. The summed E-state index contributed by atoms with van der Waals surface area (Å²) >= 11 is 0. The SMILES string of the molecule is C/C(=N\Nc1cnc2ccccc2n1)C(=O)O. The van der Waals surface area contributed by atoms with Crippen molar-refractivity contribution in [2.75, 3.05) is 5.43 Å². The van der Waals surface area contributed by atoms with Gasteiger partial charge in [-0.1, -0.05) is 12.1 Å². The molecule has 0 aliphatic carbocycles. The van der Waals surface area contributed by atoms with Gasteiger partial charge in [0.1, 0.15) is 5.71 Å². The Balaban J connectivity index is 2.25. The van der Waals surface area contributed by atoms with Crippen LogP contribution < -0.4 is 5.43 Å². The summed E-state index contributed by atoms with van der Waals surface area (Å²) in [4.78, 5) is 18.9. The van der Waals surface area contributed by atoms with Gasteiger partial charge in [-0.15, -0.1) is 0 Å². The molecule has 0 aliphatic heterocycles. The van der Waals surface area contributed by atoms with E-state index >= 15 is 0 Å². The molecule has 0 unspecified atom stereocenters. The zero-order valence-electron chi connectivity index (χ0n) is 9.08. The molecule has 0 bridgehead atoms. The molecule has 86 valence electrons. The number of hydrogen-bond acceptors (Lipinski definition) is 5. The van der Waals surface area contributed by atoms with Gasteiger partial charge in [0.05, 0.1) is 17.2 Å². The number of nitrogens with zero attached hydrogens (tertiary/aromatic N) is 3. The summed E-state index contributed by atoms with van der Waals surface area (Å²) in [5.74, 6) is -0.671. The van der Waals surface area contributed by atoms with Crippen LogP contribution in [0.1, 0.15) is 6.92 Å². The van der Waals surface area contributed by atoms with Crippen molar-refractivity contribution in [3.05, 3.63) is 30.5 Å². The predicted molar refractivity (Wildman–Crippen MR) is 63.9 cm³/mol. The number of aliphatic carboxylic acids is 1. The number of aromatic nitrogens is 2. The number of rotatable bonds is 3. The molecule has 17 heavy (non-hydrogen) atoms. The molecular formula is C11H10N4O2. The van der Waals surface area contributed by atoms with E-state index in [2.05, 4.69) is 20.5 Å². The smallest absolute Gasteiger partial charge is 0.351 e. The molecule has 1 aromatic carbocycles. The number of anilines is 1. The molecule has 0 amide bonds. The average molecular weight is 230 g/mol. The highest BCUT2D eigenvalue weighted by molar-refractivity contribution is 6.34. The van der Waals surface area contributed by atoms with Gasteiger partial charge < -0.3 is 5.11 Å². The van der Waals surface area contributed by atoms with Crippen LogP contribution in [-0.4, -0.2) is 26.8 Å². The minimum atomic E-state index is -1.08. The lowest BCUT2D eigenvalue weighted by atomic mass is 10.3. The number of nitrogens with one attached hydrogen (secondary N) is 1. The van der Waals surface area contributed by atoms with E-state index < -0.39 is 5.97 Å². The van der Waals surface area contributed by atoms with E-state index in [1.54, 1.807) is 0 Å².